The van der Waals surface area contributed by atoms with Crippen molar-refractivity contribution < 1.29 is 9.18 Å². The minimum atomic E-state index is -0.365. The first-order valence-electron chi connectivity index (χ1n) is 8.03. The lowest BCUT2D eigenvalue weighted by Crippen LogP contribution is -2.59. The van der Waals surface area contributed by atoms with E-state index in [1.165, 1.54) is 0 Å². The molecule has 1 aliphatic rings. The Labute approximate surface area is 145 Å². The predicted molar refractivity (Wildman–Crippen MR) is 92.3 cm³/mol. The number of carbonyl (C=O) groups is 1. The van der Waals surface area contributed by atoms with E-state index in [1.807, 2.05) is 4.90 Å². The number of nitrogens with zero attached hydrogens (tertiary/aromatic N) is 3. The molecule has 0 saturated carbocycles. The van der Waals surface area contributed by atoms with Crippen molar-refractivity contribution in [2.75, 3.05) is 26.3 Å². The molecule has 1 aliphatic heterocycles. The summed E-state index contributed by atoms with van der Waals surface area (Å²) in [7, 11) is 0. The van der Waals surface area contributed by atoms with Crippen LogP contribution in [0.3, 0.4) is 0 Å². The van der Waals surface area contributed by atoms with Gasteiger partial charge in [0.2, 0.25) is 0 Å². The van der Waals surface area contributed by atoms with Gasteiger partial charge in [0.1, 0.15) is 17.5 Å². The van der Waals surface area contributed by atoms with Crippen LogP contribution >= 0.6 is 11.6 Å². The molecule has 128 valence electrons. The summed E-state index contributed by atoms with van der Waals surface area (Å²) in [5.74, 6) is 0.0285. The third kappa shape index (κ3) is 3.35. The van der Waals surface area contributed by atoms with Crippen LogP contribution in [0.15, 0.2) is 18.5 Å². The number of likely N-dealkylation sites (tertiary alicyclic amines) is 1. The number of pyridine rings is 2. The summed E-state index contributed by atoms with van der Waals surface area (Å²) in [5.41, 5.74) is 1.38. The summed E-state index contributed by atoms with van der Waals surface area (Å²) in [5, 5.41) is 4.94. The molecular formula is C17H20ClFN4O. The Morgan fingerprint density at radius 2 is 2.12 bits per heavy atom. The molecule has 24 heavy (non-hydrogen) atoms. The van der Waals surface area contributed by atoms with Gasteiger partial charge in [0.25, 0.3) is 5.91 Å². The summed E-state index contributed by atoms with van der Waals surface area (Å²) in [6, 6.07) is 1.81. The van der Waals surface area contributed by atoms with Gasteiger partial charge in [0, 0.05) is 37.4 Å². The highest BCUT2D eigenvalue weighted by Gasteiger charge is 2.28. The molecule has 1 amide bonds. The van der Waals surface area contributed by atoms with Gasteiger partial charge in [-0.3, -0.25) is 14.7 Å². The number of rotatable bonds is 5. The lowest BCUT2D eigenvalue weighted by molar-refractivity contribution is 0.0795. The number of carbonyl (C=O) groups excluding carboxylic acids is 1. The third-order valence-corrected chi connectivity index (χ3v) is 4.51. The summed E-state index contributed by atoms with van der Waals surface area (Å²) >= 11 is 6.02. The number of fused-ring (bicyclic) bond motifs is 1. The Kier molecular flexibility index (Phi) is 4.96. The average Bonchev–Trinajstić information content (AvgIpc) is 2.51. The van der Waals surface area contributed by atoms with Gasteiger partial charge in [-0.1, -0.05) is 25.4 Å². The SMILES string of the molecule is CC(C)c1cnc(C(=O)NC2CN(CCF)C2)c2cnc(Cl)cc12. The zero-order valence-corrected chi connectivity index (χ0v) is 14.5. The maximum absolute atomic E-state index is 12.6. The largest absolute Gasteiger partial charge is 0.345 e. The first-order chi connectivity index (χ1) is 11.5. The molecule has 0 atom stereocenters. The second kappa shape index (κ2) is 6.99. The molecular weight excluding hydrogens is 331 g/mol. The van der Waals surface area contributed by atoms with E-state index in [0.29, 0.717) is 35.9 Å². The van der Waals surface area contributed by atoms with Crippen molar-refractivity contribution in [1.82, 2.24) is 20.2 Å². The topological polar surface area (TPSA) is 58.1 Å². The van der Waals surface area contributed by atoms with Gasteiger partial charge >= 0.3 is 0 Å². The van der Waals surface area contributed by atoms with Crippen LogP contribution in [0, 0.1) is 0 Å². The van der Waals surface area contributed by atoms with Crippen LogP contribution in [0.25, 0.3) is 10.8 Å². The van der Waals surface area contributed by atoms with Crippen LogP contribution in [0.2, 0.25) is 5.15 Å². The molecule has 2 aromatic rings. The van der Waals surface area contributed by atoms with Crippen molar-refractivity contribution in [2.24, 2.45) is 0 Å². The van der Waals surface area contributed by atoms with Crippen LogP contribution in [0.1, 0.15) is 35.8 Å². The first kappa shape index (κ1) is 17.0. The molecule has 0 aromatic carbocycles. The van der Waals surface area contributed by atoms with Crippen LogP contribution < -0.4 is 5.32 Å². The summed E-state index contributed by atoms with van der Waals surface area (Å²) < 4.78 is 12.3. The van der Waals surface area contributed by atoms with Crippen molar-refractivity contribution in [3.8, 4) is 0 Å². The van der Waals surface area contributed by atoms with E-state index in [-0.39, 0.29) is 24.5 Å². The van der Waals surface area contributed by atoms with E-state index in [4.69, 9.17) is 11.6 Å². The molecule has 3 rings (SSSR count). The maximum Gasteiger partial charge on any atom is 0.270 e. The summed E-state index contributed by atoms with van der Waals surface area (Å²) in [6.45, 7) is 5.52. The van der Waals surface area contributed by atoms with Crippen molar-refractivity contribution >= 4 is 28.3 Å². The number of nitrogens with one attached hydrogen (secondary N) is 1. The molecule has 0 radical (unpaired) electrons. The standard InChI is InChI=1S/C17H20ClFN4O/c1-10(2)13-6-21-16(14-7-20-15(18)5-12(13)14)17(24)22-11-8-23(9-11)4-3-19/h5-7,10-11H,3-4,8-9H2,1-2H3,(H,22,24). The second-order valence-electron chi connectivity index (χ2n) is 6.39. The maximum atomic E-state index is 12.6. The number of halogens is 2. The first-order valence-corrected chi connectivity index (χ1v) is 8.40. The Bertz CT molecular complexity index is 762. The lowest BCUT2D eigenvalue weighted by atomic mass is 9.98. The van der Waals surface area contributed by atoms with Gasteiger partial charge in [0.15, 0.2) is 0 Å². The molecule has 3 heterocycles. The van der Waals surface area contributed by atoms with Crippen LogP contribution in [-0.4, -0.2) is 53.1 Å². The Balaban J connectivity index is 1.85. The fourth-order valence-corrected chi connectivity index (χ4v) is 3.15. The van der Waals surface area contributed by atoms with E-state index >= 15 is 0 Å². The van der Waals surface area contributed by atoms with E-state index in [9.17, 15) is 9.18 Å². The molecule has 1 N–H and O–H groups in total. The van der Waals surface area contributed by atoms with E-state index < -0.39 is 0 Å². The highest BCUT2D eigenvalue weighted by molar-refractivity contribution is 6.30. The summed E-state index contributed by atoms with van der Waals surface area (Å²) in [4.78, 5) is 23.0. The van der Waals surface area contributed by atoms with Crippen LogP contribution in [0.4, 0.5) is 4.39 Å². The Hall–Kier alpha value is -1.79. The summed E-state index contributed by atoms with van der Waals surface area (Å²) in [6.07, 6.45) is 3.33. The van der Waals surface area contributed by atoms with Gasteiger partial charge in [-0.25, -0.2) is 9.37 Å². The van der Waals surface area contributed by atoms with Crippen molar-refractivity contribution in [1.29, 1.82) is 0 Å². The molecule has 0 aliphatic carbocycles. The van der Waals surface area contributed by atoms with Gasteiger partial charge in [-0.15, -0.1) is 0 Å². The van der Waals surface area contributed by atoms with Crippen molar-refractivity contribution in [3.05, 3.63) is 34.9 Å². The highest BCUT2D eigenvalue weighted by Crippen LogP contribution is 2.28. The molecule has 2 aromatic heterocycles. The zero-order valence-electron chi connectivity index (χ0n) is 13.7. The highest BCUT2D eigenvalue weighted by atomic mass is 35.5. The molecule has 1 fully saturated rings. The van der Waals surface area contributed by atoms with E-state index in [2.05, 4.69) is 29.1 Å². The minimum absolute atomic E-state index is 0.0333. The number of alkyl halides is 1. The fourth-order valence-electron chi connectivity index (χ4n) is 2.99. The number of aromatic nitrogens is 2. The second-order valence-corrected chi connectivity index (χ2v) is 6.78. The minimum Gasteiger partial charge on any atom is -0.345 e. The van der Waals surface area contributed by atoms with Crippen LogP contribution in [-0.2, 0) is 0 Å². The normalized spacial score (nSPS) is 15.7. The third-order valence-electron chi connectivity index (χ3n) is 4.30. The molecule has 0 unspecified atom stereocenters. The number of amides is 1. The number of hydrogen-bond donors (Lipinski definition) is 1. The van der Waals surface area contributed by atoms with Crippen LogP contribution in [0.5, 0.6) is 0 Å². The Morgan fingerprint density at radius 3 is 2.79 bits per heavy atom. The smallest absolute Gasteiger partial charge is 0.270 e. The van der Waals surface area contributed by atoms with E-state index in [1.54, 1.807) is 18.5 Å². The monoisotopic (exact) mass is 350 g/mol. The van der Waals surface area contributed by atoms with Gasteiger partial charge < -0.3 is 5.32 Å². The molecule has 7 heteroatoms. The average molecular weight is 351 g/mol. The van der Waals surface area contributed by atoms with Gasteiger partial charge in [-0.05, 0) is 22.9 Å². The van der Waals surface area contributed by atoms with Crippen molar-refractivity contribution in [2.45, 2.75) is 25.8 Å². The number of hydrogen-bond acceptors (Lipinski definition) is 4. The predicted octanol–water partition coefficient (Wildman–Crippen LogP) is 2.79. The molecule has 5 nitrogen and oxygen atoms in total. The Morgan fingerprint density at radius 1 is 1.38 bits per heavy atom. The fraction of sp³-hybridized carbons (Fsp3) is 0.471. The van der Waals surface area contributed by atoms with Gasteiger partial charge in [-0.2, -0.15) is 0 Å². The zero-order chi connectivity index (χ0) is 17.3. The van der Waals surface area contributed by atoms with E-state index in [0.717, 1.165) is 10.9 Å². The molecule has 0 spiro atoms. The van der Waals surface area contributed by atoms with Crippen molar-refractivity contribution in [3.63, 3.8) is 0 Å². The molecule has 1 saturated heterocycles. The molecule has 0 bridgehead atoms. The quantitative estimate of drug-likeness (QED) is 0.842. The van der Waals surface area contributed by atoms with Gasteiger partial charge in [0.05, 0.1) is 6.04 Å². The lowest BCUT2D eigenvalue weighted by Gasteiger charge is -2.38.